The Morgan fingerprint density at radius 1 is 1.18 bits per heavy atom. The number of hydrogen-bond acceptors (Lipinski definition) is 6. The van der Waals surface area contributed by atoms with Gasteiger partial charge < -0.3 is 14.6 Å². The second kappa shape index (κ2) is 7.44. The van der Waals surface area contributed by atoms with Gasteiger partial charge in [-0.15, -0.1) is 0 Å². The first kappa shape index (κ1) is 19.0. The van der Waals surface area contributed by atoms with Gasteiger partial charge in [0.1, 0.15) is 29.5 Å². The largest absolute Gasteiger partial charge is 0.496 e. The summed E-state index contributed by atoms with van der Waals surface area (Å²) in [7, 11) is 6.23. The molecule has 0 radical (unpaired) electrons. The third-order valence-corrected chi connectivity index (χ3v) is 4.62. The van der Waals surface area contributed by atoms with Gasteiger partial charge in [0.15, 0.2) is 5.56 Å². The molecule has 2 heterocycles. The van der Waals surface area contributed by atoms with Crippen molar-refractivity contribution in [3.63, 3.8) is 0 Å². The highest BCUT2D eigenvalue weighted by molar-refractivity contribution is 5.55. The van der Waals surface area contributed by atoms with Crippen LogP contribution in [0.1, 0.15) is 23.0 Å². The van der Waals surface area contributed by atoms with E-state index in [1.165, 1.54) is 18.7 Å². The van der Waals surface area contributed by atoms with Crippen molar-refractivity contribution >= 4 is 5.82 Å². The normalized spacial score (nSPS) is 11.7. The zero-order valence-electron chi connectivity index (χ0n) is 16.0. The average molecular weight is 380 g/mol. The van der Waals surface area contributed by atoms with Gasteiger partial charge in [0.25, 0.3) is 5.56 Å². The molecule has 0 aliphatic heterocycles. The summed E-state index contributed by atoms with van der Waals surface area (Å²) in [6.07, 6.45) is 3.43. The number of nitrogens with zero attached hydrogens (tertiary/aromatic N) is 5. The van der Waals surface area contributed by atoms with Crippen LogP contribution >= 0.6 is 0 Å². The molecule has 0 saturated carbocycles. The van der Waals surface area contributed by atoms with E-state index in [2.05, 4.69) is 10.3 Å². The Hall–Kier alpha value is -3.80. The molecule has 2 aromatic heterocycles. The van der Waals surface area contributed by atoms with Crippen molar-refractivity contribution < 1.29 is 4.74 Å². The molecule has 0 aliphatic rings. The summed E-state index contributed by atoms with van der Waals surface area (Å²) in [5.74, 6) is 1.35. The number of ether oxygens (including phenoxy) is 1. The molecule has 1 N–H and O–H groups in total. The van der Waals surface area contributed by atoms with E-state index in [-0.39, 0.29) is 11.4 Å². The molecule has 144 valence electrons. The van der Waals surface area contributed by atoms with Crippen LogP contribution in [-0.4, -0.2) is 25.8 Å². The molecule has 0 saturated heterocycles. The second-order valence-electron chi connectivity index (χ2n) is 6.26. The Morgan fingerprint density at radius 3 is 2.50 bits per heavy atom. The van der Waals surface area contributed by atoms with Gasteiger partial charge in [0.2, 0.25) is 0 Å². The highest BCUT2D eigenvalue weighted by atomic mass is 16.5. The predicted octanol–water partition coefficient (Wildman–Crippen LogP) is 0.899. The highest BCUT2D eigenvalue weighted by Crippen LogP contribution is 2.32. The van der Waals surface area contributed by atoms with Crippen LogP contribution < -0.4 is 21.3 Å². The molecule has 0 aliphatic carbocycles. The maximum Gasteiger partial charge on any atom is 0.332 e. The number of hydrogen-bond donors (Lipinski definition) is 1. The molecule has 0 spiro atoms. The van der Waals surface area contributed by atoms with E-state index < -0.39 is 17.3 Å². The van der Waals surface area contributed by atoms with E-state index in [0.29, 0.717) is 11.6 Å². The van der Waals surface area contributed by atoms with Crippen LogP contribution in [0.15, 0.2) is 46.2 Å². The smallest absolute Gasteiger partial charge is 0.332 e. The lowest BCUT2D eigenvalue weighted by molar-refractivity contribution is 0.408. The van der Waals surface area contributed by atoms with Crippen LogP contribution in [0.4, 0.5) is 5.82 Å². The van der Waals surface area contributed by atoms with Crippen molar-refractivity contribution in [2.24, 2.45) is 21.1 Å². The SMILES string of the molecule is COc1ccccc1[C@@H](Nc1c(C#N)c(=O)n(C)c(=O)n1C)c1nccn1C. The molecule has 1 aromatic carbocycles. The van der Waals surface area contributed by atoms with Crippen LogP contribution in [-0.2, 0) is 21.1 Å². The molecule has 9 nitrogen and oxygen atoms in total. The van der Waals surface area contributed by atoms with E-state index >= 15 is 0 Å². The Balaban J connectivity index is 2.26. The Morgan fingerprint density at radius 2 is 1.89 bits per heavy atom. The van der Waals surface area contributed by atoms with Crippen LogP contribution in [0.2, 0.25) is 0 Å². The molecule has 3 rings (SSSR count). The summed E-state index contributed by atoms with van der Waals surface area (Å²) in [6.45, 7) is 0. The molecule has 0 fully saturated rings. The Kier molecular flexibility index (Phi) is 5.04. The third-order valence-electron chi connectivity index (χ3n) is 4.62. The van der Waals surface area contributed by atoms with Gasteiger partial charge in [-0.25, -0.2) is 9.78 Å². The fourth-order valence-electron chi connectivity index (χ4n) is 3.09. The van der Waals surface area contributed by atoms with Gasteiger partial charge in [-0.2, -0.15) is 5.26 Å². The molecule has 1 atom stereocenters. The van der Waals surface area contributed by atoms with Crippen molar-refractivity contribution in [3.8, 4) is 11.8 Å². The van der Waals surface area contributed by atoms with Crippen molar-refractivity contribution in [2.45, 2.75) is 6.04 Å². The quantitative estimate of drug-likeness (QED) is 0.705. The number of nitrogens with one attached hydrogen (secondary N) is 1. The van der Waals surface area contributed by atoms with Gasteiger partial charge >= 0.3 is 5.69 Å². The van der Waals surface area contributed by atoms with E-state index in [1.807, 2.05) is 35.9 Å². The van der Waals surface area contributed by atoms with Gasteiger partial charge in [-0.05, 0) is 6.07 Å². The third kappa shape index (κ3) is 3.05. The molecule has 0 unspecified atom stereocenters. The van der Waals surface area contributed by atoms with Gasteiger partial charge in [-0.3, -0.25) is 13.9 Å². The highest BCUT2D eigenvalue weighted by Gasteiger charge is 2.25. The molecular formula is C19H20N6O3. The van der Waals surface area contributed by atoms with E-state index in [0.717, 1.165) is 10.1 Å². The summed E-state index contributed by atoms with van der Waals surface area (Å²) >= 11 is 0. The van der Waals surface area contributed by atoms with Gasteiger partial charge in [-0.1, -0.05) is 18.2 Å². The Bertz CT molecular complexity index is 1180. The van der Waals surface area contributed by atoms with Crippen LogP contribution in [0.25, 0.3) is 0 Å². The minimum Gasteiger partial charge on any atom is -0.496 e. The number of imidazole rings is 1. The number of methoxy groups -OCH3 is 1. The summed E-state index contributed by atoms with van der Waals surface area (Å²) in [5, 5.41) is 12.7. The number of para-hydroxylation sites is 1. The van der Waals surface area contributed by atoms with Crippen LogP contribution in [0, 0.1) is 11.3 Å². The van der Waals surface area contributed by atoms with Gasteiger partial charge in [0, 0.05) is 39.1 Å². The summed E-state index contributed by atoms with van der Waals surface area (Å²) in [5.41, 5.74) is -0.605. The van der Waals surface area contributed by atoms with Gasteiger partial charge in [0.05, 0.1) is 7.11 Å². The monoisotopic (exact) mass is 380 g/mol. The molecular weight excluding hydrogens is 360 g/mol. The van der Waals surface area contributed by atoms with Crippen LogP contribution in [0.5, 0.6) is 5.75 Å². The molecule has 28 heavy (non-hydrogen) atoms. The fourth-order valence-corrected chi connectivity index (χ4v) is 3.09. The van der Waals surface area contributed by atoms with E-state index in [4.69, 9.17) is 4.74 Å². The average Bonchev–Trinajstić information content (AvgIpc) is 3.13. The maximum absolute atomic E-state index is 12.4. The number of nitriles is 1. The van der Waals surface area contributed by atoms with E-state index in [1.54, 1.807) is 25.6 Å². The molecule has 9 heteroatoms. The Labute approximate surface area is 161 Å². The lowest BCUT2D eigenvalue weighted by Gasteiger charge is -2.24. The lowest BCUT2D eigenvalue weighted by atomic mass is 10.0. The zero-order chi connectivity index (χ0) is 20.4. The van der Waals surface area contributed by atoms with E-state index in [9.17, 15) is 14.9 Å². The maximum atomic E-state index is 12.4. The van der Waals surface area contributed by atoms with Crippen molar-refractivity contribution in [1.82, 2.24) is 18.7 Å². The summed E-state index contributed by atoms with van der Waals surface area (Å²) < 4.78 is 9.44. The topological polar surface area (TPSA) is 107 Å². The number of aryl methyl sites for hydroxylation is 1. The zero-order valence-corrected chi connectivity index (χ0v) is 16.0. The minimum absolute atomic E-state index is 0.120. The molecule has 0 amide bonds. The summed E-state index contributed by atoms with van der Waals surface area (Å²) in [6, 6.07) is 8.69. The first-order chi connectivity index (χ1) is 13.4. The van der Waals surface area contributed by atoms with Crippen LogP contribution in [0.3, 0.4) is 0 Å². The first-order valence-corrected chi connectivity index (χ1v) is 8.47. The number of benzene rings is 1. The number of rotatable bonds is 5. The second-order valence-corrected chi connectivity index (χ2v) is 6.26. The van der Waals surface area contributed by atoms with Crippen molar-refractivity contribution in [2.75, 3.05) is 12.4 Å². The van der Waals surface area contributed by atoms with Crippen molar-refractivity contribution in [3.05, 3.63) is 74.4 Å². The lowest BCUT2D eigenvalue weighted by Crippen LogP contribution is -2.40. The molecule has 0 bridgehead atoms. The predicted molar refractivity (Wildman–Crippen MR) is 103 cm³/mol. The first-order valence-electron chi connectivity index (χ1n) is 8.47. The minimum atomic E-state index is -0.660. The van der Waals surface area contributed by atoms with Crippen molar-refractivity contribution in [1.29, 1.82) is 5.26 Å². The summed E-state index contributed by atoms with van der Waals surface area (Å²) in [4.78, 5) is 29.2. The number of aromatic nitrogens is 4. The number of anilines is 1. The standard InChI is InChI=1S/C19H20N6O3/c1-23-10-9-21-17(23)15(12-7-5-6-8-14(12)28-4)22-16-13(11-20)18(26)25(3)19(27)24(16)2/h5-10,15,22H,1-4H3/t15-/m1/s1. The molecule has 3 aromatic rings. The fraction of sp³-hybridized carbons (Fsp3) is 0.263.